The van der Waals surface area contributed by atoms with E-state index in [1.807, 2.05) is 25.1 Å². The molecule has 2 rings (SSSR count). The van der Waals surface area contributed by atoms with Gasteiger partial charge in [-0.3, -0.25) is 0 Å². The van der Waals surface area contributed by atoms with Crippen molar-refractivity contribution < 1.29 is 19.7 Å². The van der Waals surface area contributed by atoms with Crippen LogP contribution in [0.15, 0.2) is 18.2 Å². The van der Waals surface area contributed by atoms with E-state index in [1.54, 1.807) is 7.11 Å². The van der Waals surface area contributed by atoms with Gasteiger partial charge < -0.3 is 36.1 Å². The highest BCUT2D eigenvalue weighted by atomic mass is 16.5. The Hall–Kier alpha value is -2.62. The minimum absolute atomic E-state index is 0.0150. The number of hydrogen-bond acceptors (Lipinski definition) is 9. The van der Waals surface area contributed by atoms with Crippen molar-refractivity contribution in [1.29, 1.82) is 0 Å². The molecule has 6 N–H and O–H groups in total. The molecule has 1 aromatic carbocycles. The second kappa shape index (κ2) is 13.7. The van der Waals surface area contributed by atoms with Crippen LogP contribution >= 0.6 is 0 Å². The van der Waals surface area contributed by atoms with Crippen molar-refractivity contribution in [3.8, 4) is 11.5 Å². The number of anilines is 2. The molecule has 32 heavy (non-hydrogen) atoms. The zero-order chi connectivity index (χ0) is 23.3. The lowest BCUT2D eigenvalue weighted by Crippen LogP contribution is -2.25. The summed E-state index contributed by atoms with van der Waals surface area (Å²) < 4.78 is 11.4. The van der Waals surface area contributed by atoms with Gasteiger partial charge in [0.1, 0.15) is 17.3 Å². The van der Waals surface area contributed by atoms with Gasteiger partial charge in [-0.1, -0.05) is 19.4 Å². The summed E-state index contributed by atoms with van der Waals surface area (Å²) in [7, 11) is 1.63. The van der Waals surface area contributed by atoms with E-state index in [2.05, 4.69) is 27.5 Å². The number of aliphatic hydroxyl groups excluding tert-OH is 2. The van der Waals surface area contributed by atoms with Crippen LogP contribution in [0.1, 0.15) is 43.0 Å². The summed E-state index contributed by atoms with van der Waals surface area (Å²) in [4.78, 5) is 8.73. The van der Waals surface area contributed by atoms with E-state index in [4.69, 9.17) is 20.3 Å². The molecule has 1 heterocycles. The second-order valence-electron chi connectivity index (χ2n) is 7.63. The Kier molecular flexibility index (Phi) is 11.0. The molecule has 0 fully saturated rings. The average Bonchev–Trinajstić information content (AvgIpc) is 2.78. The highest BCUT2D eigenvalue weighted by Crippen LogP contribution is 2.30. The Labute approximate surface area is 190 Å². The molecule has 0 aliphatic rings. The first-order valence-electron chi connectivity index (χ1n) is 11.1. The van der Waals surface area contributed by atoms with E-state index in [9.17, 15) is 5.11 Å². The fraction of sp³-hybridized carbons (Fsp3) is 0.565. The number of benzene rings is 1. The molecular formula is C23H37N5O4. The van der Waals surface area contributed by atoms with E-state index in [1.165, 1.54) is 0 Å². The molecule has 0 saturated carbocycles. The molecule has 0 aliphatic heterocycles. The molecule has 9 heteroatoms. The van der Waals surface area contributed by atoms with Gasteiger partial charge in [0, 0.05) is 30.3 Å². The molecule has 0 saturated heterocycles. The zero-order valence-electron chi connectivity index (χ0n) is 19.4. The lowest BCUT2D eigenvalue weighted by molar-refractivity contribution is 0.268. The van der Waals surface area contributed by atoms with Gasteiger partial charge in [0.05, 0.1) is 33.0 Å². The molecule has 0 amide bonds. The Balaban J connectivity index is 2.15. The smallest absolute Gasteiger partial charge is 0.222 e. The van der Waals surface area contributed by atoms with Gasteiger partial charge in [-0.25, -0.2) is 4.98 Å². The third-order valence-corrected chi connectivity index (χ3v) is 5.11. The minimum atomic E-state index is -0.100. The van der Waals surface area contributed by atoms with Crippen molar-refractivity contribution in [1.82, 2.24) is 15.3 Å². The SMILES string of the molecule is CCCC(CO)Nc1nc(N)nc(C)c1Cc1ccc(OCCCNCCO)cc1OC. The molecule has 0 aliphatic carbocycles. The van der Waals surface area contributed by atoms with E-state index in [-0.39, 0.29) is 25.2 Å². The molecule has 0 bridgehead atoms. The Bertz CT molecular complexity index is 834. The molecule has 178 valence electrons. The van der Waals surface area contributed by atoms with Gasteiger partial charge in [-0.2, -0.15) is 4.98 Å². The molecule has 1 atom stereocenters. The first-order chi connectivity index (χ1) is 15.5. The Morgan fingerprint density at radius 2 is 2.00 bits per heavy atom. The van der Waals surface area contributed by atoms with Gasteiger partial charge in [0.15, 0.2) is 0 Å². The number of nitrogen functional groups attached to an aromatic ring is 1. The van der Waals surface area contributed by atoms with Crippen LogP contribution in [0.25, 0.3) is 0 Å². The third kappa shape index (κ3) is 7.81. The normalized spacial score (nSPS) is 11.9. The second-order valence-corrected chi connectivity index (χ2v) is 7.63. The lowest BCUT2D eigenvalue weighted by atomic mass is 10.0. The maximum atomic E-state index is 9.70. The maximum absolute atomic E-state index is 9.70. The molecule has 2 aromatic rings. The summed E-state index contributed by atoms with van der Waals surface area (Å²) in [5.41, 5.74) is 8.56. The number of hydrogen-bond donors (Lipinski definition) is 5. The molecule has 0 spiro atoms. The number of aliphatic hydroxyl groups is 2. The van der Waals surface area contributed by atoms with Crippen LogP contribution in [0.3, 0.4) is 0 Å². The highest BCUT2D eigenvalue weighted by molar-refractivity contribution is 5.54. The van der Waals surface area contributed by atoms with Crippen molar-refractivity contribution in [3.05, 3.63) is 35.0 Å². The van der Waals surface area contributed by atoms with Crippen molar-refractivity contribution in [2.24, 2.45) is 0 Å². The number of aryl methyl sites for hydroxylation is 1. The largest absolute Gasteiger partial charge is 0.496 e. The highest BCUT2D eigenvalue weighted by Gasteiger charge is 2.17. The fourth-order valence-corrected chi connectivity index (χ4v) is 3.44. The Morgan fingerprint density at radius 3 is 2.69 bits per heavy atom. The standard InChI is InChI=1S/C23H37N5O4/c1-4-6-18(15-30)27-22-20(16(2)26-23(24)28-22)13-17-7-8-19(14-21(17)31-3)32-12-5-9-25-10-11-29/h7-8,14,18,25,29-30H,4-6,9-13,15H2,1-3H3,(H3,24,26,27,28). The number of nitrogens with zero attached hydrogens (tertiary/aromatic N) is 2. The minimum Gasteiger partial charge on any atom is -0.496 e. The summed E-state index contributed by atoms with van der Waals surface area (Å²) in [6, 6.07) is 5.68. The molecule has 1 aromatic heterocycles. The van der Waals surface area contributed by atoms with E-state index in [0.717, 1.165) is 54.1 Å². The summed E-state index contributed by atoms with van der Waals surface area (Å²) in [5.74, 6) is 2.29. The van der Waals surface area contributed by atoms with Crippen LogP contribution in [0.4, 0.5) is 11.8 Å². The van der Waals surface area contributed by atoms with Crippen LogP contribution in [0, 0.1) is 6.92 Å². The van der Waals surface area contributed by atoms with Gasteiger partial charge in [-0.05, 0) is 37.9 Å². The van der Waals surface area contributed by atoms with Crippen LogP contribution < -0.4 is 25.8 Å². The van der Waals surface area contributed by atoms with Crippen LogP contribution in [-0.2, 0) is 6.42 Å². The van der Waals surface area contributed by atoms with Crippen molar-refractivity contribution >= 4 is 11.8 Å². The molecule has 1 unspecified atom stereocenters. The quantitative estimate of drug-likeness (QED) is 0.259. The predicted molar refractivity (Wildman–Crippen MR) is 126 cm³/mol. The summed E-state index contributed by atoms with van der Waals surface area (Å²) in [6.07, 6.45) is 3.15. The van der Waals surface area contributed by atoms with Gasteiger partial charge >= 0.3 is 0 Å². The number of rotatable bonds is 15. The number of nitrogens with one attached hydrogen (secondary N) is 2. The van der Waals surface area contributed by atoms with Gasteiger partial charge in [-0.15, -0.1) is 0 Å². The monoisotopic (exact) mass is 447 g/mol. The van der Waals surface area contributed by atoms with E-state index < -0.39 is 0 Å². The van der Waals surface area contributed by atoms with Gasteiger partial charge in [0.2, 0.25) is 5.95 Å². The summed E-state index contributed by atoms with van der Waals surface area (Å²) in [5, 5.41) is 24.9. The number of aromatic nitrogens is 2. The number of ether oxygens (including phenoxy) is 2. The first kappa shape index (κ1) is 25.6. The number of nitrogens with two attached hydrogens (primary N) is 1. The fourth-order valence-electron chi connectivity index (χ4n) is 3.44. The Morgan fingerprint density at radius 1 is 1.19 bits per heavy atom. The molecular weight excluding hydrogens is 410 g/mol. The van der Waals surface area contributed by atoms with Crippen molar-refractivity contribution in [2.45, 2.75) is 45.6 Å². The predicted octanol–water partition coefficient (Wildman–Crippen LogP) is 1.89. The van der Waals surface area contributed by atoms with Crippen LogP contribution in [0.5, 0.6) is 11.5 Å². The van der Waals surface area contributed by atoms with Crippen LogP contribution in [-0.4, -0.2) is 66.2 Å². The first-order valence-corrected chi connectivity index (χ1v) is 11.1. The van der Waals surface area contributed by atoms with Crippen molar-refractivity contribution in [3.63, 3.8) is 0 Å². The van der Waals surface area contributed by atoms with E-state index >= 15 is 0 Å². The van der Waals surface area contributed by atoms with E-state index in [0.29, 0.717) is 25.4 Å². The maximum Gasteiger partial charge on any atom is 0.222 e. The molecule has 0 radical (unpaired) electrons. The molecule has 9 nitrogen and oxygen atoms in total. The number of methoxy groups -OCH3 is 1. The third-order valence-electron chi connectivity index (χ3n) is 5.11. The van der Waals surface area contributed by atoms with Gasteiger partial charge in [0.25, 0.3) is 0 Å². The average molecular weight is 448 g/mol. The van der Waals surface area contributed by atoms with Crippen molar-refractivity contribution in [2.75, 3.05) is 51.1 Å². The summed E-state index contributed by atoms with van der Waals surface area (Å²) >= 11 is 0. The zero-order valence-corrected chi connectivity index (χ0v) is 19.4. The lowest BCUT2D eigenvalue weighted by Gasteiger charge is -2.20. The van der Waals surface area contributed by atoms with Crippen LogP contribution in [0.2, 0.25) is 0 Å². The topological polar surface area (TPSA) is 135 Å². The summed E-state index contributed by atoms with van der Waals surface area (Å²) in [6.45, 7) is 6.07.